The zero-order valence-corrected chi connectivity index (χ0v) is 15.8. The first kappa shape index (κ1) is 20.2. The Morgan fingerprint density at radius 2 is 1.85 bits per heavy atom. The maximum atomic E-state index is 12.2. The van der Waals surface area contributed by atoms with Crippen molar-refractivity contribution in [1.82, 2.24) is 4.47 Å². The number of nitrogens with zero attached hydrogens (tertiary/aromatic N) is 1. The summed E-state index contributed by atoms with van der Waals surface area (Å²) >= 11 is 5.96. The highest BCUT2D eigenvalue weighted by Gasteiger charge is 2.22. The van der Waals surface area contributed by atoms with Crippen LogP contribution in [0.25, 0.3) is 0 Å². The van der Waals surface area contributed by atoms with Crippen molar-refractivity contribution in [3.8, 4) is 5.75 Å². The third-order valence-electron chi connectivity index (χ3n) is 3.37. The first-order valence-corrected chi connectivity index (χ1v) is 9.35. The molecule has 9 heteroatoms. The lowest BCUT2D eigenvalue weighted by Gasteiger charge is -2.14. The molecule has 26 heavy (non-hydrogen) atoms. The fourth-order valence-electron chi connectivity index (χ4n) is 1.96. The number of benzene rings is 2. The molecule has 0 aromatic heterocycles. The highest BCUT2D eigenvalue weighted by Crippen LogP contribution is 2.23. The smallest absolute Gasteiger partial charge is 0.338 e. The van der Waals surface area contributed by atoms with Crippen molar-refractivity contribution in [2.24, 2.45) is 0 Å². The normalized spacial score (nSPS) is 11.4. The standard InChI is InChI=1S/C17H18ClNO6S/c1-19(23-2)26(21,22)14-7-5-6-13(12-14)17(20)25-11-10-24-16-9-4-3-8-15(16)18/h3-9,12H,10-11H2,1-2H3. The topological polar surface area (TPSA) is 82.1 Å². The molecule has 0 atom stereocenters. The number of rotatable bonds is 8. The van der Waals surface area contributed by atoms with Crippen LogP contribution >= 0.6 is 11.6 Å². The van der Waals surface area contributed by atoms with Crippen LogP contribution in [0, 0.1) is 0 Å². The van der Waals surface area contributed by atoms with Gasteiger partial charge in [0.2, 0.25) is 0 Å². The molecule has 0 unspecified atom stereocenters. The highest BCUT2D eigenvalue weighted by atomic mass is 35.5. The van der Waals surface area contributed by atoms with Gasteiger partial charge in [0.1, 0.15) is 19.0 Å². The maximum Gasteiger partial charge on any atom is 0.338 e. The average Bonchev–Trinajstić information content (AvgIpc) is 2.65. The summed E-state index contributed by atoms with van der Waals surface area (Å²) in [7, 11) is -1.36. The number of hydroxylamine groups is 1. The Bertz CT molecular complexity index is 871. The summed E-state index contributed by atoms with van der Waals surface area (Å²) < 4.78 is 35.6. The number of carbonyl (C=O) groups is 1. The molecule has 2 rings (SSSR count). The summed E-state index contributed by atoms with van der Waals surface area (Å²) in [5.41, 5.74) is 0.105. The van der Waals surface area contributed by atoms with E-state index in [4.69, 9.17) is 25.9 Å². The molecule has 0 fully saturated rings. The molecule has 0 bridgehead atoms. The first-order valence-electron chi connectivity index (χ1n) is 7.54. The molecule has 7 nitrogen and oxygen atoms in total. The number of ether oxygens (including phenoxy) is 2. The zero-order chi connectivity index (χ0) is 19.2. The maximum absolute atomic E-state index is 12.2. The molecule has 0 aliphatic carbocycles. The number of halogens is 1. The van der Waals surface area contributed by atoms with Gasteiger partial charge in [0.15, 0.2) is 0 Å². The fourth-order valence-corrected chi connectivity index (χ4v) is 3.17. The van der Waals surface area contributed by atoms with Crippen LogP contribution < -0.4 is 4.74 Å². The third kappa shape index (κ3) is 4.95. The Kier molecular flexibility index (Phi) is 6.98. The molecule has 0 amide bonds. The third-order valence-corrected chi connectivity index (χ3v) is 5.36. The fraction of sp³-hybridized carbons (Fsp3) is 0.235. The summed E-state index contributed by atoms with van der Waals surface area (Å²) in [4.78, 5) is 16.7. The monoisotopic (exact) mass is 399 g/mol. The molecule has 0 N–H and O–H groups in total. The quantitative estimate of drug-likeness (QED) is 0.385. The second-order valence-corrected chi connectivity index (χ2v) is 7.38. The van der Waals surface area contributed by atoms with Crippen molar-refractivity contribution in [2.75, 3.05) is 27.4 Å². The van der Waals surface area contributed by atoms with Gasteiger partial charge in [-0.15, -0.1) is 0 Å². The molecule has 0 heterocycles. The Labute approximate surface area is 157 Å². The molecular formula is C17H18ClNO6S. The number of hydrogen-bond acceptors (Lipinski definition) is 6. The lowest BCUT2D eigenvalue weighted by molar-refractivity contribution is -0.0258. The summed E-state index contributed by atoms with van der Waals surface area (Å²) in [5, 5.41) is 0.457. The molecule has 140 valence electrons. The number of para-hydroxylation sites is 1. The molecular weight excluding hydrogens is 382 g/mol. The van der Waals surface area contributed by atoms with Crippen LogP contribution in [0.15, 0.2) is 53.4 Å². The zero-order valence-electron chi connectivity index (χ0n) is 14.2. The lowest BCUT2D eigenvalue weighted by Crippen LogP contribution is -2.26. The Hall–Kier alpha value is -2.13. The summed E-state index contributed by atoms with van der Waals surface area (Å²) in [6.07, 6.45) is 0. The van der Waals surface area contributed by atoms with Gasteiger partial charge in [0.05, 0.1) is 22.6 Å². The predicted octanol–water partition coefficient (Wildman–Crippen LogP) is 2.76. The van der Waals surface area contributed by atoms with Crippen molar-refractivity contribution in [3.05, 3.63) is 59.1 Å². The molecule has 2 aromatic carbocycles. The second-order valence-electron chi connectivity index (χ2n) is 5.04. The van der Waals surface area contributed by atoms with Gasteiger partial charge < -0.3 is 9.47 Å². The van der Waals surface area contributed by atoms with Gasteiger partial charge in [-0.1, -0.05) is 34.3 Å². The van der Waals surface area contributed by atoms with Crippen LogP contribution in [0.4, 0.5) is 0 Å². The van der Waals surface area contributed by atoms with E-state index < -0.39 is 16.0 Å². The largest absolute Gasteiger partial charge is 0.488 e. The minimum Gasteiger partial charge on any atom is -0.488 e. The van der Waals surface area contributed by atoms with E-state index in [9.17, 15) is 13.2 Å². The van der Waals surface area contributed by atoms with Crippen LogP contribution in [-0.2, 0) is 19.6 Å². The minimum absolute atomic E-state index is 0.0149. The van der Waals surface area contributed by atoms with E-state index in [1.165, 1.54) is 38.4 Å². The number of sulfonamides is 1. The Balaban J connectivity index is 1.96. The predicted molar refractivity (Wildman–Crippen MR) is 95.6 cm³/mol. The lowest BCUT2D eigenvalue weighted by atomic mass is 10.2. The molecule has 0 saturated heterocycles. The van der Waals surface area contributed by atoms with Gasteiger partial charge in [0.25, 0.3) is 10.0 Å². The summed E-state index contributed by atoms with van der Waals surface area (Å²) in [6, 6.07) is 12.4. The van der Waals surface area contributed by atoms with Crippen molar-refractivity contribution in [3.63, 3.8) is 0 Å². The number of esters is 1. The number of carbonyl (C=O) groups excluding carboxylic acids is 1. The molecule has 0 radical (unpaired) electrons. The van der Waals surface area contributed by atoms with Gasteiger partial charge in [0, 0.05) is 7.05 Å². The van der Waals surface area contributed by atoms with Crippen molar-refractivity contribution in [1.29, 1.82) is 0 Å². The van der Waals surface area contributed by atoms with Crippen molar-refractivity contribution < 1.29 is 27.5 Å². The van der Waals surface area contributed by atoms with Crippen LogP contribution in [0.5, 0.6) is 5.75 Å². The molecule has 0 aliphatic heterocycles. The van der Waals surface area contributed by atoms with Crippen LogP contribution in [-0.4, -0.2) is 46.2 Å². The first-order chi connectivity index (χ1) is 12.4. The average molecular weight is 400 g/mol. The van der Waals surface area contributed by atoms with E-state index in [0.29, 0.717) is 15.2 Å². The molecule has 0 saturated carbocycles. The molecule has 2 aromatic rings. The molecule has 0 aliphatic rings. The van der Waals surface area contributed by atoms with E-state index in [1.54, 1.807) is 24.3 Å². The Morgan fingerprint density at radius 1 is 1.12 bits per heavy atom. The van der Waals surface area contributed by atoms with Crippen LogP contribution in [0.3, 0.4) is 0 Å². The Morgan fingerprint density at radius 3 is 2.54 bits per heavy atom. The highest BCUT2D eigenvalue weighted by molar-refractivity contribution is 7.89. The van der Waals surface area contributed by atoms with Crippen LogP contribution in [0.2, 0.25) is 5.02 Å². The second kappa shape index (κ2) is 9.00. The van der Waals surface area contributed by atoms with Gasteiger partial charge in [-0.3, -0.25) is 4.84 Å². The van der Waals surface area contributed by atoms with Gasteiger partial charge in [-0.2, -0.15) is 0 Å². The van der Waals surface area contributed by atoms with Gasteiger partial charge >= 0.3 is 5.97 Å². The van der Waals surface area contributed by atoms with E-state index in [0.717, 1.165) is 0 Å². The summed E-state index contributed by atoms with van der Waals surface area (Å²) in [6.45, 7) is 0.0961. The SMILES string of the molecule is CON(C)S(=O)(=O)c1cccc(C(=O)OCCOc2ccccc2Cl)c1. The molecule has 0 spiro atoms. The van der Waals surface area contributed by atoms with Crippen molar-refractivity contribution >= 4 is 27.6 Å². The van der Waals surface area contributed by atoms with Crippen molar-refractivity contribution in [2.45, 2.75) is 4.90 Å². The van der Waals surface area contributed by atoms with Gasteiger partial charge in [-0.05, 0) is 30.3 Å². The number of hydrogen-bond donors (Lipinski definition) is 0. The van der Waals surface area contributed by atoms with Crippen LogP contribution in [0.1, 0.15) is 10.4 Å². The summed E-state index contributed by atoms with van der Waals surface area (Å²) in [5.74, 6) is -0.175. The van der Waals surface area contributed by atoms with E-state index in [2.05, 4.69) is 0 Å². The van der Waals surface area contributed by atoms with E-state index in [1.807, 2.05) is 0 Å². The van der Waals surface area contributed by atoms with E-state index in [-0.39, 0.29) is 23.7 Å². The minimum atomic E-state index is -3.85. The van der Waals surface area contributed by atoms with Gasteiger partial charge in [-0.25, -0.2) is 13.2 Å². The van der Waals surface area contributed by atoms with E-state index >= 15 is 0 Å².